The predicted molar refractivity (Wildman–Crippen MR) is 78.7 cm³/mol. The first-order valence-electron chi connectivity index (χ1n) is 7.03. The van der Waals surface area contributed by atoms with E-state index >= 15 is 0 Å². The molecule has 2 rings (SSSR count). The number of fused-ring (bicyclic) bond motifs is 1. The summed E-state index contributed by atoms with van der Waals surface area (Å²) >= 11 is 0. The van der Waals surface area contributed by atoms with E-state index in [1.54, 1.807) is 18.7 Å². The van der Waals surface area contributed by atoms with Crippen molar-refractivity contribution in [1.29, 1.82) is 0 Å². The summed E-state index contributed by atoms with van der Waals surface area (Å²) < 4.78 is 5.60. The molecule has 0 spiro atoms. The molecule has 0 saturated heterocycles. The first-order chi connectivity index (χ1) is 10.0. The summed E-state index contributed by atoms with van der Waals surface area (Å²) in [5.74, 6) is -0.904. The van der Waals surface area contributed by atoms with E-state index in [0.29, 0.717) is 24.6 Å². The number of anilines is 1. The predicted octanol–water partition coefficient (Wildman–Crippen LogP) is 2.09. The highest BCUT2D eigenvalue weighted by Crippen LogP contribution is 2.30. The monoisotopic (exact) mass is 292 g/mol. The minimum absolute atomic E-state index is 0.298. The van der Waals surface area contributed by atoms with Gasteiger partial charge in [0.1, 0.15) is 5.75 Å². The van der Waals surface area contributed by atoms with Crippen molar-refractivity contribution in [3.8, 4) is 5.75 Å². The standard InChI is InChI=1S/C15H20N2O4/c1-10(14(18)19)11(2)16-15(20)17-8-5-9-21-13-7-4-3-6-12(13)17/h3-4,6-7,10-11H,5,8-9H2,1-2H3,(H,16,20)(H,18,19). The fourth-order valence-corrected chi connectivity index (χ4v) is 2.15. The summed E-state index contributed by atoms with van der Waals surface area (Å²) in [4.78, 5) is 25.0. The van der Waals surface area contributed by atoms with Crippen LogP contribution in [0.2, 0.25) is 0 Å². The number of aliphatic carboxylic acids is 1. The smallest absolute Gasteiger partial charge is 0.322 e. The Morgan fingerprint density at radius 2 is 2.05 bits per heavy atom. The van der Waals surface area contributed by atoms with Crippen molar-refractivity contribution < 1.29 is 19.4 Å². The Hall–Kier alpha value is -2.24. The molecule has 0 bridgehead atoms. The molecule has 6 nitrogen and oxygen atoms in total. The molecule has 0 radical (unpaired) electrons. The van der Waals surface area contributed by atoms with Crippen molar-refractivity contribution >= 4 is 17.7 Å². The van der Waals surface area contributed by atoms with Crippen molar-refractivity contribution in [2.75, 3.05) is 18.1 Å². The van der Waals surface area contributed by atoms with Gasteiger partial charge < -0.3 is 15.2 Å². The van der Waals surface area contributed by atoms with Crippen LogP contribution in [0, 0.1) is 5.92 Å². The highest BCUT2D eigenvalue weighted by Gasteiger charge is 2.26. The van der Waals surface area contributed by atoms with Gasteiger partial charge in [0.25, 0.3) is 0 Å². The zero-order valence-corrected chi connectivity index (χ0v) is 12.2. The molecule has 0 fully saturated rings. The molecular formula is C15H20N2O4. The molecule has 1 aromatic rings. The summed E-state index contributed by atoms with van der Waals surface area (Å²) in [5.41, 5.74) is 0.711. The van der Waals surface area contributed by atoms with Crippen molar-refractivity contribution in [3.63, 3.8) is 0 Å². The number of carboxylic acid groups (broad SMARTS) is 1. The molecule has 0 aromatic heterocycles. The van der Waals surface area contributed by atoms with Gasteiger partial charge in [0.15, 0.2) is 0 Å². The second-order valence-corrected chi connectivity index (χ2v) is 5.19. The topological polar surface area (TPSA) is 78.9 Å². The Morgan fingerprint density at radius 3 is 2.76 bits per heavy atom. The van der Waals surface area contributed by atoms with Gasteiger partial charge in [-0.25, -0.2) is 4.79 Å². The van der Waals surface area contributed by atoms with Gasteiger partial charge in [0, 0.05) is 12.6 Å². The van der Waals surface area contributed by atoms with Crippen molar-refractivity contribution in [3.05, 3.63) is 24.3 Å². The Labute approximate surface area is 123 Å². The van der Waals surface area contributed by atoms with Gasteiger partial charge in [-0.3, -0.25) is 9.69 Å². The highest BCUT2D eigenvalue weighted by atomic mass is 16.5. The van der Waals surface area contributed by atoms with Gasteiger partial charge >= 0.3 is 12.0 Å². The number of benzene rings is 1. The number of carboxylic acids is 1. The maximum absolute atomic E-state index is 12.4. The number of nitrogens with one attached hydrogen (secondary N) is 1. The lowest BCUT2D eigenvalue weighted by atomic mass is 10.0. The molecule has 1 heterocycles. The molecule has 2 atom stereocenters. The lowest BCUT2D eigenvalue weighted by Crippen LogP contribution is -2.47. The van der Waals surface area contributed by atoms with Crippen LogP contribution in [0.25, 0.3) is 0 Å². The Bertz CT molecular complexity index is 532. The van der Waals surface area contributed by atoms with E-state index in [1.807, 2.05) is 24.3 Å². The number of para-hydroxylation sites is 2. The maximum atomic E-state index is 12.4. The van der Waals surface area contributed by atoms with E-state index in [1.165, 1.54) is 0 Å². The molecule has 1 aromatic carbocycles. The second kappa shape index (κ2) is 6.47. The summed E-state index contributed by atoms with van der Waals surface area (Å²) in [6, 6.07) is 6.60. The molecule has 2 amide bonds. The molecule has 0 saturated carbocycles. The third-order valence-corrected chi connectivity index (χ3v) is 3.68. The third kappa shape index (κ3) is 3.45. The lowest BCUT2D eigenvalue weighted by molar-refractivity contribution is -0.141. The Kier molecular flexibility index (Phi) is 4.67. The van der Waals surface area contributed by atoms with Crippen LogP contribution in [0.3, 0.4) is 0 Å². The summed E-state index contributed by atoms with van der Waals surface area (Å²) in [6.45, 7) is 4.36. The van der Waals surface area contributed by atoms with Gasteiger partial charge in [-0.2, -0.15) is 0 Å². The van der Waals surface area contributed by atoms with Gasteiger partial charge in [0.2, 0.25) is 0 Å². The molecule has 2 N–H and O–H groups in total. The van der Waals surface area contributed by atoms with Crippen LogP contribution < -0.4 is 15.0 Å². The van der Waals surface area contributed by atoms with Crippen molar-refractivity contribution in [1.82, 2.24) is 5.32 Å². The second-order valence-electron chi connectivity index (χ2n) is 5.19. The number of carbonyl (C=O) groups is 2. The minimum atomic E-state index is -0.928. The average Bonchev–Trinajstić information content (AvgIpc) is 2.68. The van der Waals surface area contributed by atoms with E-state index in [9.17, 15) is 9.59 Å². The molecule has 6 heteroatoms. The normalized spacial score (nSPS) is 17.0. The van der Waals surface area contributed by atoms with Gasteiger partial charge in [-0.1, -0.05) is 12.1 Å². The fraction of sp³-hybridized carbons (Fsp3) is 0.467. The largest absolute Gasteiger partial charge is 0.491 e. The Morgan fingerprint density at radius 1 is 1.33 bits per heavy atom. The number of urea groups is 1. The van der Waals surface area contributed by atoms with E-state index in [2.05, 4.69) is 5.32 Å². The summed E-state index contributed by atoms with van der Waals surface area (Å²) in [7, 11) is 0. The van der Waals surface area contributed by atoms with Crippen LogP contribution in [-0.2, 0) is 4.79 Å². The number of rotatable bonds is 3. The number of carbonyl (C=O) groups excluding carboxylic acids is 1. The average molecular weight is 292 g/mol. The zero-order chi connectivity index (χ0) is 15.4. The van der Waals surface area contributed by atoms with E-state index in [4.69, 9.17) is 9.84 Å². The zero-order valence-electron chi connectivity index (χ0n) is 12.2. The molecule has 2 unspecified atom stereocenters. The SMILES string of the molecule is CC(NC(=O)N1CCCOc2ccccc21)C(C)C(=O)O. The first kappa shape index (κ1) is 15.2. The minimum Gasteiger partial charge on any atom is -0.491 e. The van der Waals surface area contributed by atoms with E-state index < -0.39 is 17.9 Å². The fourth-order valence-electron chi connectivity index (χ4n) is 2.15. The number of hydrogen-bond acceptors (Lipinski definition) is 3. The lowest BCUT2D eigenvalue weighted by Gasteiger charge is -2.25. The van der Waals surface area contributed by atoms with Crippen LogP contribution in [0.1, 0.15) is 20.3 Å². The van der Waals surface area contributed by atoms with Gasteiger partial charge in [-0.05, 0) is 32.4 Å². The quantitative estimate of drug-likeness (QED) is 0.894. The molecular weight excluding hydrogens is 272 g/mol. The van der Waals surface area contributed by atoms with Crippen molar-refractivity contribution in [2.24, 2.45) is 5.92 Å². The van der Waals surface area contributed by atoms with Gasteiger partial charge in [0.05, 0.1) is 18.2 Å². The molecule has 1 aliphatic rings. The number of nitrogens with zero attached hydrogens (tertiary/aromatic N) is 1. The Balaban J connectivity index is 2.14. The highest BCUT2D eigenvalue weighted by molar-refractivity contribution is 5.94. The van der Waals surface area contributed by atoms with Crippen LogP contribution in [0.5, 0.6) is 5.75 Å². The molecule has 21 heavy (non-hydrogen) atoms. The van der Waals surface area contributed by atoms with Crippen LogP contribution >= 0.6 is 0 Å². The molecule has 114 valence electrons. The molecule has 0 aliphatic carbocycles. The van der Waals surface area contributed by atoms with Crippen molar-refractivity contribution in [2.45, 2.75) is 26.3 Å². The molecule has 1 aliphatic heterocycles. The van der Waals surface area contributed by atoms with Gasteiger partial charge in [-0.15, -0.1) is 0 Å². The number of hydrogen-bond donors (Lipinski definition) is 2. The summed E-state index contributed by atoms with van der Waals surface area (Å²) in [6.07, 6.45) is 0.727. The van der Waals surface area contributed by atoms with E-state index in [0.717, 1.165) is 6.42 Å². The van der Waals surface area contributed by atoms with Crippen LogP contribution in [0.15, 0.2) is 24.3 Å². The number of ether oxygens (including phenoxy) is 1. The maximum Gasteiger partial charge on any atom is 0.322 e. The van der Waals surface area contributed by atoms with Crippen LogP contribution in [-0.4, -0.2) is 36.3 Å². The number of amides is 2. The first-order valence-corrected chi connectivity index (χ1v) is 7.03. The van der Waals surface area contributed by atoms with E-state index in [-0.39, 0.29) is 6.03 Å². The van der Waals surface area contributed by atoms with Crippen LogP contribution in [0.4, 0.5) is 10.5 Å². The third-order valence-electron chi connectivity index (χ3n) is 3.68. The summed E-state index contributed by atoms with van der Waals surface area (Å²) in [5, 5.41) is 11.7.